The van der Waals surface area contributed by atoms with E-state index in [1.807, 2.05) is 37.3 Å². The fraction of sp³-hybridized carbons (Fsp3) is 0.267. The third-order valence-electron chi connectivity index (χ3n) is 3.17. The molecule has 0 unspecified atom stereocenters. The minimum atomic E-state index is -0.486. The van der Waals surface area contributed by atoms with Crippen molar-refractivity contribution in [3.8, 4) is 0 Å². The Kier molecular flexibility index (Phi) is 4.70. The molecule has 110 valence electrons. The van der Waals surface area contributed by atoms with Crippen molar-refractivity contribution in [3.05, 3.63) is 51.5 Å². The molecular formula is C15H17N3O2S. The van der Waals surface area contributed by atoms with Gasteiger partial charge in [0.2, 0.25) is 5.91 Å². The van der Waals surface area contributed by atoms with Gasteiger partial charge in [0.15, 0.2) is 0 Å². The Morgan fingerprint density at radius 3 is 2.57 bits per heavy atom. The molecule has 1 aromatic heterocycles. The Bertz CT molecular complexity index is 652. The molecule has 3 N–H and O–H groups in total. The van der Waals surface area contributed by atoms with E-state index in [4.69, 9.17) is 5.73 Å². The summed E-state index contributed by atoms with van der Waals surface area (Å²) < 4.78 is 0. The SMILES string of the molecule is Cc1nc(CNC(=O)[C@H](C)c2ccccc2)sc1C(N)=O. The number of carbonyl (C=O) groups excluding carboxylic acids is 2. The zero-order chi connectivity index (χ0) is 15.4. The number of benzene rings is 1. The van der Waals surface area contributed by atoms with Gasteiger partial charge in [0.1, 0.15) is 9.88 Å². The number of thiazole rings is 1. The second-order valence-electron chi connectivity index (χ2n) is 4.74. The zero-order valence-electron chi connectivity index (χ0n) is 11.9. The molecule has 1 aromatic carbocycles. The summed E-state index contributed by atoms with van der Waals surface area (Å²) in [6, 6.07) is 9.56. The van der Waals surface area contributed by atoms with Crippen LogP contribution in [-0.2, 0) is 11.3 Å². The van der Waals surface area contributed by atoms with Crippen LogP contribution < -0.4 is 11.1 Å². The number of aromatic nitrogens is 1. The number of nitrogens with zero attached hydrogens (tertiary/aromatic N) is 1. The number of primary amides is 1. The molecule has 21 heavy (non-hydrogen) atoms. The number of hydrogen-bond donors (Lipinski definition) is 2. The van der Waals surface area contributed by atoms with E-state index >= 15 is 0 Å². The van der Waals surface area contributed by atoms with Gasteiger partial charge in [-0.2, -0.15) is 0 Å². The largest absolute Gasteiger partial charge is 0.365 e. The molecule has 1 heterocycles. The first-order chi connectivity index (χ1) is 9.99. The molecular weight excluding hydrogens is 286 g/mol. The molecule has 1 atom stereocenters. The predicted octanol–water partition coefficient (Wildman–Crippen LogP) is 1.97. The molecule has 0 aliphatic rings. The molecule has 0 bridgehead atoms. The fourth-order valence-electron chi connectivity index (χ4n) is 1.97. The Morgan fingerprint density at radius 2 is 2.00 bits per heavy atom. The highest BCUT2D eigenvalue weighted by Gasteiger charge is 2.16. The number of aryl methyl sites for hydroxylation is 1. The molecule has 0 saturated carbocycles. The van der Waals surface area contributed by atoms with Gasteiger partial charge >= 0.3 is 0 Å². The number of amides is 2. The highest BCUT2D eigenvalue weighted by Crippen LogP contribution is 2.18. The van der Waals surface area contributed by atoms with Gasteiger partial charge in [-0.15, -0.1) is 11.3 Å². The van der Waals surface area contributed by atoms with Gasteiger partial charge in [-0.25, -0.2) is 4.98 Å². The van der Waals surface area contributed by atoms with Gasteiger partial charge in [-0.1, -0.05) is 30.3 Å². The maximum Gasteiger partial charge on any atom is 0.260 e. The van der Waals surface area contributed by atoms with Gasteiger partial charge in [-0.05, 0) is 19.4 Å². The lowest BCUT2D eigenvalue weighted by Crippen LogP contribution is -2.27. The van der Waals surface area contributed by atoms with Crippen LogP contribution in [-0.4, -0.2) is 16.8 Å². The maximum absolute atomic E-state index is 12.1. The van der Waals surface area contributed by atoms with Crippen LogP contribution in [0, 0.1) is 6.92 Å². The zero-order valence-corrected chi connectivity index (χ0v) is 12.7. The van der Waals surface area contributed by atoms with Crippen molar-refractivity contribution in [1.29, 1.82) is 0 Å². The van der Waals surface area contributed by atoms with Crippen molar-refractivity contribution in [2.45, 2.75) is 26.3 Å². The molecule has 2 rings (SSSR count). The summed E-state index contributed by atoms with van der Waals surface area (Å²) in [6.45, 7) is 3.88. The molecule has 2 aromatic rings. The van der Waals surface area contributed by atoms with Crippen LogP contribution in [0.1, 0.15) is 38.8 Å². The quantitative estimate of drug-likeness (QED) is 0.885. The van der Waals surface area contributed by atoms with E-state index < -0.39 is 5.91 Å². The fourth-order valence-corrected chi connectivity index (χ4v) is 2.82. The van der Waals surface area contributed by atoms with E-state index in [0.29, 0.717) is 22.1 Å². The Balaban J connectivity index is 1.98. The third-order valence-corrected chi connectivity index (χ3v) is 4.34. The molecule has 0 saturated heterocycles. The summed E-state index contributed by atoms with van der Waals surface area (Å²) in [5, 5.41) is 3.51. The van der Waals surface area contributed by atoms with E-state index in [2.05, 4.69) is 10.3 Å². The van der Waals surface area contributed by atoms with Crippen LogP contribution in [0.25, 0.3) is 0 Å². The monoisotopic (exact) mass is 303 g/mol. The van der Waals surface area contributed by atoms with Crippen molar-refractivity contribution in [3.63, 3.8) is 0 Å². The van der Waals surface area contributed by atoms with Crippen molar-refractivity contribution < 1.29 is 9.59 Å². The maximum atomic E-state index is 12.1. The van der Waals surface area contributed by atoms with E-state index in [9.17, 15) is 9.59 Å². The summed E-state index contributed by atoms with van der Waals surface area (Å²) in [6.07, 6.45) is 0. The number of carbonyl (C=O) groups is 2. The first-order valence-corrected chi connectivity index (χ1v) is 7.39. The molecule has 5 nitrogen and oxygen atoms in total. The van der Waals surface area contributed by atoms with E-state index in [1.54, 1.807) is 6.92 Å². The number of nitrogens with one attached hydrogen (secondary N) is 1. The van der Waals surface area contributed by atoms with Crippen LogP contribution in [0.4, 0.5) is 0 Å². The first-order valence-electron chi connectivity index (χ1n) is 6.57. The lowest BCUT2D eigenvalue weighted by molar-refractivity contribution is -0.122. The van der Waals surface area contributed by atoms with Crippen LogP contribution in [0.3, 0.4) is 0 Å². The predicted molar refractivity (Wildman–Crippen MR) is 82.1 cm³/mol. The highest BCUT2D eigenvalue weighted by atomic mass is 32.1. The smallest absolute Gasteiger partial charge is 0.260 e. The van der Waals surface area contributed by atoms with Crippen molar-refractivity contribution in [1.82, 2.24) is 10.3 Å². The molecule has 0 aliphatic heterocycles. The summed E-state index contributed by atoms with van der Waals surface area (Å²) in [5.74, 6) is -0.794. The first kappa shape index (κ1) is 15.2. The number of rotatable bonds is 5. The van der Waals surface area contributed by atoms with Gasteiger partial charge < -0.3 is 11.1 Å². The summed E-state index contributed by atoms with van der Waals surface area (Å²) in [7, 11) is 0. The third kappa shape index (κ3) is 3.66. The van der Waals surface area contributed by atoms with E-state index in [1.165, 1.54) is 11.3 Å². The molecule has 0 radical (unpaired) electrons. The van der Waals surface area contributed by atoms with Crippen molar-refractivity contribution >= 4 is 23.2 Å². The van der Waals surface area contributed by atoms with E-state index in [0.717, 1.165) is 5.56 Å². The van der Waals surface area contributed by atoms with Crippen molar-refractivity contribution in [2.24, 2.45) is 5.73 Å². The Morgan fingerprint density at radius 1 is 1.33 bits per heavy atom. The second-order valence-corrected chi connectivity index (χ2v) is 5.82. The minimum Gasteiger partial charge on any atom is -0.365 e. The molecule has 0 fully saturated rings. The molecule has 0 spiro atoms. The van der Waals surface area contributed by atoms with Crippen molar-refractivity contribution in [2.75, 3.05) is 0 Å². The Hall–Kier alpha value is -2.21. The van der Waals surface area contributed by atoms with Gasteiger partial charge in [0.05, 0.1) is 18.2 Å². The average molecular weight is 303 g/mol. The number of hydrogen-bond acceptors (Lipinski definition) is 4. The van der Waals surface area contributed by atoms with E-state index in [-0.39, 0.29) is 11.8 Å². The molecule has 6 heteroatoms. The molecule has 0 aliphatic carbocycles. The van der Waals surface area contributed by atoms with Crippen LogP contribution in [0.2, 0.25) is 0 Å². The van der Waals surface area contributed by atoms with Gasteiger partial charge in [-0.3, -0.25) is 9.59 Å². The Labute approximate surface area is 127 Å². The topological polar surface area (TPSA) is 85.1 Å². The van der Waals surface area contributed by atoms with Crippen LogP contribution >= 0.6 is 11.3 Å². The lowest BCUT2D eigenvalue weighted by Gasteiger charge is -2.11. The summed E-state index contributed by atoms with van der Waals surface area (Å²) >= 11 is 1.22. The summed E-state index contributed by atoms with van der Waals surface area (Å²) in [5.41, 5.74) is 6.82. The highest BCUT2D eigenvalue weighted by molar-refractivity contribution is 7.13. The second kappa shape index (κ2) is 6.49. The standard InChI is InChI=1S/C15H17N3O2S/c1-9(11-6-4-3-5-7-11)15(20)17-8-12-18-10(2)13(21-12)14(16)19/h3-7,9H,8H2,1-2H3,(H2,16,19)(H,17,20)/t9-/m1/s1. The number of nitrogens with two attached hydrogens (primary N) is 1. The van der Waals surface area contributed by atoms with Crippen LogP contribution in [0.15, 0.2) is 30.3 Å². The average Bonchev–Trinajstić information content (AvgIpc) is 2.86. The molecule has 2 amide bonds. The van der Waals surface area contributed by atoms with Crippen LogP contribution in [0.5, 0.6) is 0 Å². The van der Waals surface area contributed by atoms with Gasteiger partial charge in [0, 0.05) is 0 Å². The normalized spacial score (nSPS) is 11.9. The minimum absolute atomic E-state index is 0.0744. The van der Waals surface area contributed by atoms with Gasteiger partial charge in [0.25, 0.3) is 5.91 Å². The summed E-state index contributed by atoms with van der Waals surface area (Å²) in [4.78, 5) is 28.0. The lowest BCUT2D eigenvalue weighted by atomic mass is 10.0.